The van der Waals surface area contributed by atoms with Crippen LogP contribution in [0.5, 0.6) is 0 Å². The Morgan fingerprint density at radius 1 is 0.633 bits per heavy atom. The normalized spacial score (nSPS) is 12.0. The number of rotatable bonds is 1. The number of hydrogen-bond donors (Lipinski definition) is 0. The Bertz CT molecular complexity index is 1750. The summed E-state index contributed by atoms with van der Waals surface area (Å²) in [5.74, 6) is 0.594. The Morgan fingerprint density at radius 3 is 2.13 bits per heavy atom. The van der Waals surface area contributed by atoms with Crippen LogP contribution in [-0.4, -0.2) is 19.5 Å². The molecule has 0 saturated carbocycles. The molecule has 0 radical (unpaired) electrons. The third-order valence-corrected chi connectivity index (χ3v) is 5.83. The van der Waals surface area contributed by atoms with Gasteiger partial charge in [0.1, 0.15) is 23.8 Å². The second kappa shape index (κ2) is 5.64. The minimum atomic E-state index is 0.594. The summed E-state index contributed by atoms with van der Waals surface area (Å²) < 4.78 is 8.58. The fourth-order valence-electron chi connectivity index (χ4n) is 4.68. The minimum absolute atomic E-state index is 0.594. The van der Waals surface area contributed by atoms with E-state index in [1.165, 1.54) is 12.7 Å². The molecule has 0 aliphatic heterocycles. The number of para-hydroxylation sites is 2. The zero-order valence-corrected chi connectivity index (χ0v) is 15.8. The van der Waals surface area contributed by atoms with Crippen LogP contribution in [0.3, 0.4) is 0 Å². The molecule has 0 aliphatic rings. The lowest BCUT2D eigenvalue weighted by Gasteiger charge is -2.08. The molecular weight excluding hydrogens is 372 g/mol. The Labute approximate surface area is 170 Å². The molecule has 0 N–H and O–H groups in total. The lowest BCUT2D eigenvalue weighted by molar-refractivity contribution is 0.673. The summed E-state index contributed by atoms with van der Waals surface area (Å²) in [6, 6.07) is 25.0. The molecule has 0 spiro atoms. The van der Waals surface area contributed by atoms with Gasteiger partial charge in [-0.15, -0.1) is 0 Å². The van der Waals surface area contributed by atoms with Crippen molar-refractivity contribution in [2.24, 2.45) is 0 Å². The Balaban J connectivity index is 1.88. The topological polar surface area (TPSA) is 56.7 Å². The highest BCUT2D eigenvalue weighted by molar-refractivity contribution is 6.34. The van der Waals surface area contributed by atoms with E-state index in [4.69, 9.17) is 4.42 Å². The smallest absolute Gasteiger partial charge is 0.237 e. The van der Waals surface area contributed by atoms with Crippen molar-refractivity contribution in [3.05, 3.63) is 85.5 Å². The van der Waals surface area contributed by atoms with Gasteiger partial charge in [0.25, 0.3) is 0 Å². The predicted octanol–water partition coefficient (Wildman–Crippen LogP) is 6.02. The van der Waals surface area contributed by atoms with Crippen LogP contribution in [0.4, 0.5) is 0 Å². The molecule has 0 amide bonds. The minimum Gasteiger partial charge on any atom is -0.455 e. The quantitative estimate of drug-likeness (QED) is 0.346. The van der Waals surface area contributed by atoms with E-state index >= 15 is 0 Å². The van der Waals surface area contributed by atoms with Gasteiger partial charge in [-0.05, 0) is 17.5 Å². The van der Waals surface area contributed by atoms with Crippen molar-refractivity contribution in [1.82, 2.24) is 19.5 Å². The first-order valence-corrected chi connectivity index (χ1v) is 9.79. The van der Waals surface area contributed by atoms with Gasteiger partial charge in [0.2, 0.25) is 5.95 Å². The molecule has 7 aromatic rings. The molecule has 4 aromatic carbocycles. The molecule has 0 fully saturated rings. The van der Waals surface area contributed by atoms with Gasteiger partial charge < -0.3 is 4.42 Å². The summed E-state index contributed by atoms with van der Waals surface area (Å²) in [4.78, 5) is 12.9. The van der Waals surface area contributed by atoms with Crippen LogP contribution in [0, 0.1) is 0 Å². The first-order valence-electron chi connectivity index (χ1n) is 9.79. The van der Waals surface area contributed by atoms with Gasteiger partial charge in [-0.2, -0.15) is 0 Å². The molecule has 0 bridgehead atoms. The van der Waals surface area contributed by atoms with Crippen molar-refractivity contribution >= 4 is 54.5 Å². The van der Waals surface area contributed by atoms with Crippen LogP contribution < -0.4 is 0 Å². The summed E-state index contributed by atoms with van der Waals surface area (Å²) >= 11 is 0. The van der Waals surface area contributed by atoms with Gasteiger partial charge in [-0.25, -0.2) is 15.0 Å². The van der Waals surface area contributed by atoms with Crippen LogP contribution >= 0.6 is 0 Å². The maximum absolute atomic E-state index is 6.46. The highest BCUT2D eigenvalue weighted by Gasteiger charge is 2.22. The Morgan fingerprint density at radius 2 is 1.30 bits per heavy atom. The maximum Gasteiger partial charge on any atom is 0.237 e. The molecule has 0 aliphatic carbocycles. The van der Waals surface area contributed by atoms with Gasteiger partial charge in [-0.1, -0.05) is 60.7 Å². The van der Waals surface area contributed by atoms with E-state index in [1.54, 1.807) is 0 Å². The van der Waals surface area contributed by atoms with Crippen molar-refractivity contribution in [2.75, 3.05) is 0 Å². The Kier molecular flexibility index (Phi) is 2.94. The molecule has 7 rings (SSSR count). The third kappa shape index (κ3) is 1.89. The summed E-state index contributed by atoms with van der Waals surface area (Å²) in [5.41, 5.74) is 3.87. The average Bonchev–Trinajstić information content (AvgIpc) is 3.36. The van der Waals surface area contributed by atoms with Crippen molar-refractivity contribution in [1.29, 1.82) is 0 Å². The van der Waals surface area contributed by atoms with Gasteiger partial charge in [0.05, 0.1) is 16.4 Å². The molecule has 140 valence electrons. The largest absolute Gasteiger partial charge is 0.455 e. The number of aromatic nitrogens is 4. The zero-order chi connectivity index (χ0) is 19.7. The predicted molar refractivity (Wildman–Crippen MR) is 119 cm³/mol. The molecule has 0 unspecified atom stereocenters. The molecular formula is C25H14N4O. The van der Waals surface area contributed by atoms with E-state index in [9.17, 15) is 0 Å². The maximum atomic E-state index is 6.46. The molecule has 3 aromatic heterocycles. The third-order valence-electron chi connectivity index (χ3n) is 5.83. The number of nitrogens with zero attached hydrogens (tertiary/aromatic N) is 4. The fourth-order valence-corrected chi connectivity index (χ4v) is 4.68. The van der Waals surface area contributed by atoms with Gasteiger partial charge in [0, 0.05) is 21.5 Å². The molecule has 0 saturated heterocycles. The SMILES string of the molecule is c1ccc2c(c1)oc1c2c2ccccc2c2c1c1ccccc1n2-c1ncncn1. The van der Waals surface area contributed by atoms with Crippen LogP contribution in [-0.2, 0) is 0 Å². The number of furan rings is 1. The second-order valence-corrected chi connectivity index (χ2v) is 7.36. The summed E-state index contributed by atoms with van der Waals surface area (Å²) in [7, 11) is 0. The van der Waals surface area contributed by atoms with E-state index in [1.807, 2.05) is 18.2 Å². The molecule has 3 heterocycles. The number of hydrogen-bond acceptors (Lipinski definition) is 4. The van der Waals surface area contributed by atoms with Gasteiger partial charge >= 0.3 is 0 Å². The van der Waals surface area contributed by atoms with Gasteiger partial charge in [0.15, 0.2) is 0 Å². The van der Waals surface area contributed by atoms with E-state index < -0.39 is 0 Å². The standard InChI is InChI=1S/C25H14N4O/c1-2-8-16-15(7-1)21-18-10-4-6-12-20(18)30-24(21)22-17-9-3-5-11-19(17)29(23(16)22)25-27-13-26-14-28-25/h1-14H. The van der Waals surface area contributed by atoms with Crippen molar-refractivity contribution in [3.8, 4) is 5.95 Å². The summed E-state index contributed by atoms with van der Waals surface area (Å²) in [6.45, 7) is 0. The molecule has 5 nitrogen and oxygen atoms in total. The first-order chi connectivity index (χ1) is 14.9. The van der Waals surface area contributed by atoms with E-state index in [2.05, 4.69) is 74.1 Å². The first kappa shape index (κ1) is 15.6. The average molecular weight is 386 g/mol. The second-order valence-electron chi connectivity index (χ2n) is 7.36. The zero-order valence-electron chi connectivity index (χ0n) is 15.8. The van der Waals surface area contributed by atoms with E-state index in [0.717, 1.165) is 54.5 Å². The fraction of sp³-hybridized carbons (Fsp3) is 0. The number of fused-ring (bicyclic) bond motifs is 10. The van der Waals surface area contributed by atoms with Crippen LogP contribution in [0.25, 0.3) is 60.5 Å². The highest BCUT2D eigenvalue weighted by atomic mass is 16.3. The van der Waals surface area contributed by atoms with E-state index in [-0.39, 0.29) is 0 Å². The molecule has 0 atom stereocenters. The van der Waals surface area contributed by atoms with Crippen LogP contribution in [0.1, 0.15) is 0 Å². The molecule has 5 heteroatoms. The van der Waals surface area contributed by atoms with Crippen molar-refractivity contribution in [2.45, 2.75) is 0 Å². The van der Waals surface area contributed by atoms with Gasteiger partial charge in [-0.3, -0.25) is 4.57 Å². The monoisotopic (exact) mass is 386 g/mol. The molecule has 30 heavy (non-hydrogen) atoms. The van der Waals surface area contributed by atoms with Crippen LogP contribution in [0.15, 0.2) is 89.9 Å². The van der Waals surface area contributed by atoms with Crippen molar-refractivity contribution < 1.29 is 4.42 Å². The highest BCUT2D eigenvalue weighted by Crippen LogP contribution is 2.45. The Hall–Kier alpha value is -4.25. The lowest BCUT2D eigenvalue weighted by Crippen LogP contribution is -2.01. The lowest BCUT2D eigenvalue weighted by atomic mass is 9.99. The van der Waals surface area contributed by atoms with Crippen LogP contribution in [0.2, 0.25) is 0 Å². The van der Waals surface area contributed by atoms with E-state index in [0.29, 0.717) is 5.95 Å². The number of benzene rings is 4. The summed E-state index contributed by atoms with van der Waals surface area (Å²) in [5, 5.41) is 6.76. The van der Waals surface area contributed by atoms with Crippen molar-refractivity contribution in [3.63, 3.8) is 0 Å². The summed E-state index contributed by atoms with van der Waals surface area (Å²) in [6.07, 6.45) is 3.07.